The van der Waals surface area contributed by atoms with Crippen LogP contribution in [-0.2, 0) is 6.67 Å². The Kier molecular flexibility index (Phi) is 4.79. The standard InChI is InChI=1S/C19H16ClN5OS/c1-13-15(11-22-25(13)14-7-3-2-4-8-14)18-23-24(19(27)26-18)12-21-17-10-6-5-9-16(17)20/h2-11,21H,12H2,1H3. The van der Waals surface area contributed by atoms with E-state index in [4.69, 9.17) is 28.2 Å². The van der Waals surface area contributed by atoms with Crippen molar-refractivity contribution < 1.29 is 4.42 Å². The highest BCUT2D eigenvalue weighted by Gasteiger charge is 2.16. The molecular weight excluding hydrogens is 382 g/mol. The van der Waals surface area contributed by atoms with Gasteiger partial charge in [-0.1, -0.05) is 41.9 Å². The number of hydrogen-bond acceptors (Lipinski definition) is 5. The largest absolute Gasteiger partial charge is 0.409 e. The van der Waals surface area contributed by atoms with Crippen molar-refractivity contribution in [3.8, 4) is 17.1 Å². The van der Waals surface area contributed by atoms with Gasteiger partial charge in [0.15, 0.2) is 0 Å². The van der Waals surface area contributed by atoms with Gasteiger partial charge in [0.05, 0.1) is 33.9 Å². The first kappa shape index (κ1) is 17.5. The molecule has 0 atom stereocenters. The number of nitrogens with zero attached hydrogens (tertiary/aromatic N) is 4. The lowest BCUT2D eigenvalue weighted by atomic mass is 10.2. The van der Waals surface area contributed by atoms with Gasteiger partial charge in [0, 0.05) is 0 Å². The van der Waals surface area contributed by atoms with E-state index in [9.17, 15) is 0 Å². The quantitative estimate of drug-likeness (QED) is 0.475. The van der Waals surface area contributed by atoms with E-state index in [1.54, 1.807) is 10.9 Å². The summed E-state index contributed by atoms with van der Waals surface area (Å²) in [4.78, 5) is 0.274. The van der Waals surface area contributed by atoms with E-state index in [0.717, 1.165) is 22.6 Å². The maximum Gasteiger partial charge on any atom is 0.289 e. The third-order valence-electron chi connectivity index (χ3n) is 4.14. The Hall–Kier alpha value is -2.90. The number of hydrogen-bond donors (Lipinski definition) is 1. The summed E-state index contributed by atoms with van der Waals surface area (Å²) in [7, 11) is 0. The minimum absolute atomic E-state index is 0.274. The van der Waals surface area contributed by atoms with Crippen LogP contribution in [0.4, 0.5) is 5.69 Å². The highest BCUT2D eigenvalue weighted by atomic mass is 35.5. The summed E-state index contributed by atoms with van der Waals surface area (Å²) in [5, 5.41) is 12.8. The van der Waals surface area contributed by atoms with E-state index in [0.29, 0.717) is 17.6 Å². The first-order valence-electron chi connectivity index (χ1n) is 8.30. The lowest BCUT2D eigenvalue weighted by Gasteiger charge is -2.06. The molecule has 4 rings (SSSR count). The summed E-state index contributed by atoms with van der Waals surface area (Å²) < 4.78 is 9.11. The molecular formula is C19H16ClN5OS. The predicted molar refractivity (Wildman–Crippen MR) is 108 cm³/mol. The molecule has 0 spiro atoms. The average Bonchev–Trinajstić information content (AvgIpc) is 3.24. The van der Waals surface area contributed by atoms with Crippen LogP contribution in [0.25, 0.3) is 17.1 Å². The molecule has 27 heavy (non-hydrogen) atoms. The lowest BCUT2D eigenvalue weighted by molar-refractivity contribution is 0.522. The van der Waals surface area contributed by atoms with Crippen molar-refractivity contribution in [1.82, 2.24) is 19.6 Å². The molecule has 1 N–H and O–H groups in total. The molecule has 0 aliphatic rings. The molecule has 0 amide bonds. The van der Waals surface area contributed by atoms with Crippen LogP contribution < -0.4 is 5.32 Å². The summed E-state index contributed by atoms with van der Waals surface area (Å²) in [6.07, 6.45) is 1.73. The van der Waals surface area contributed by atoms with Crippen LogP contribution in [-0.4, -0.2) is 19.6 Å². The zero-order valence-corrected chi connectivity index (χ0v) is 16.0. The van der Waals surface area contributed by atoms with E-state index in [1.165, 1.54) is 0 Å². The number of nitrogens with one attached hydrogen (secondary N) is 1. The van der Waals surface area contributed by atoms with Gasteiger partial charge in [0.25, 0.3) is 4.84 Å². The monoisotopic (exact) mass is 397 g/mol. The second-order valence-electron chi connectivity index (χ2n) is 5.88. The van der Waals surface area contributed by atoms with Crippen molar-refractivity contribution in [3.63, 3.8) is 0 Å². The van der Waals surface area contributed by atoms with Gasteiger partial charge in [-0.05, 0) is 43.4 Å². The van der Waals surface area contributed by atoms with Crippen molar-refractivity contribution in [2.75, 3.05) is 5.32 Å². The van der Waals surface area contributed by atoms with Gasteiger partial charge in [0.2, 0.25) is 5.89 Å². The summed E-state index contributed by atoms with van der Waals surface area (Å²) >= 11 is 11.5. The molecule has 0 aliphatic carbocycles. The maximum atomic E-state index is 6.16. The third kappa shape index (κ3) is 3.51. The van der Waals surface area contributed by atoms with E-state index in [-0.39, 0.29) is 4.84 Å². The summed E-state index contributed by atoms with van der Waals surface area (Å²) in [6.45, 7) is 2.31. The molecule has 4 aromatic rings. The fourth-order valence-corrected chi connectivity index (χ4v) is 3.12. The molecule has 2 heterocycles. The van der Waals surface area contributed by atoms with Crippen molar-refractivity contribution in [3.05, 3.63) is 76.3 Å². The molecule has 136 valence electrons. The minimum atomic E-state index is 0.274. The molecule has 2 aromatic heterocycles. The topological polar surface area (TPSA) is 60.8 Å². The number of benzene rings is 2. The van der Waals surface area contributed by atoms with Crippen LogP contribution in [0.1, 0.15) is 5.69 Å². The molecule has 8 heteroatoms. The molecule has 0 saturated carbocycles. The van der Waals surface area contributed by atoms with Gasteiger partial charge in [-0.25, -0.2) is 9.36 Å². The highest BCUT2D eigenvalue weighted by Crippen LogP contribution is 2.24. The predicted octanol–water partition coefficient (Wildman–Crippen LogP) is 5.09. The van der Waals surface area contributed by atoms with Gasteiger partial charge in [-0.2, -0.15) is 5.10 Å². The zero-order chi connectivity index (χ0) is 18.8. The summed E-state index contributed by atoms with van der Waals surface area (Å²) in [5.74, 6) is 0.431. The Morgan fingerprint density at radius 3 is 2.63 bits per heavy atom. The second-order valence-corrected chi connectivity index (χ2v) is 6.63. The number of para-hydroxylation sites is 2. The first-order valence-corrected chi connectivity index (χ1v) is 9.09. The molecule has 0 bridgehead atoms. The van der Waals surface area contributed by atoms with Crippen molar-refractivity contribution in [2.45, 2.75) is 13.6 Å². The third-order valence-corrected chi connectivity index (χ3v) is 4.76. The Balaban J connectivity index is 1.60. The number of rotatable bonds is 5. The molecule has 0 fully saturated rings. The van der Waals surface area contributed by atoms with Crippen LogP contribution in [0.15, 0.2) is 65.2 Å². The maximum absolute atomic E-state index is 6.16. The van der Waals surface area contributed by atoms with Gasteiger partial charge in [-0.15, -0.1) is 5.10 Å². The van der Waals surface area contributed by atoms with E-state index >= 15 is 0 Å². The Morgan fingerprint density at radius 1 is 1.11 bits per heavy atom. The van der Waals surface area contributed by atoms with Crippen molar-refractivity contribution in [1.29, 1.82) is 0 Å². The lowest BCUT2D eigenvalue weighted by Crippen LogP contribution is -2.09. The SMILES string of the molecule is Cc1c(-c2nn(CNc3ccccc3Cl)c(=S)o2)cnn1-c1ccccc1. The molecule has 6 nitrogen and oxygen atoms in total. The molecule has 0 unspecified atom stereocenters. The Labute approximate surface area is 166 Å². The van der Waals surface area contributed by atoms with Gasteiger partial charge in [-0.3, -0.25) is 0 Å². The van der Waals surface area contributed by atoms with Gasteiger partial charge < -0.3 is 9.73 Å². The second kappa shape index (κ2) is 7.38. The highest BCUT2D eigenvalue weighted by molar-refractivity contribution is 7.71. The molecule has 0 radical (unpaired) electrons. The first-order chi connectivity index (χ1) is 13.1. The molecule has 2 aromatic carbocycles. The van der Waals surface area contributed by atoms with E-state index in [1.807, 2.05) is 66.2 Å². The molecule has 0 saturated heterocycles. The fourth-order valence-electron chi connectivity index (χ4n) is 2.73. The van der Waals surface area contributed by atoms with Crippen LogP contribution in [0.5, 0.6) is 0 Å². The normalized spacial score (nSPS) is 10.9. The Morgan fingerprint density at radius 2 is 1.85 bits per heavy atom. The fraction of sp³-hybridized carbons (Fsp3) is 0.105. The smallest absolute Gasteiger partial charge is 0.289 e. The summed E-state index contributed by atoms with van der Waals surface area (Å²) in [5.41, 5.74) is 3.49. The van der Waals surface area contributed by atoms with Crippen molar-refractivity contribution in [2.24, 2.45) is 0 Å². The van der Waals surface area contributed by atoms with E-state index in [2.05, 4.69) is 15.5 Å². The number of aromatic nitrogens is 4. The van der Waals surface area contributed by atoms with Gasteiger partial charge >= 0.3 is 0 Å². The number of halogens is 1. The average molecular weight is 398 g/mol. The van der Waals surface area contributed by atoms with Gasteiger partial charge in [0.1, 0.15) is 6.67 Å². The van der Waals surface area contributed by atoms with Crippen LogP contribution in [0.3, 0.4) is 0 Å². The molecule has 0 aliphatic heterocycles. The van der Waals surface area contributed by atoms with Crippen LogP contribution in [0.2, 0.25) is 5.02 Å². The van der Waals surface area contributed by atoms with Crippen LogP contribution in [0, 0.1) is 11.8 Å². The van der Waals surface area contributed by atoms with E-state index < -0.39 is 0 Å². The minimum Gasteiger partial charge on any atom is -0.409 e. The Bertz CT molecular complexity index is 1130. The van der Waals surface area contributed by atoms with Crippen LogP contribution >= 0.6 is 23.8 Å². The zero-order valence-electron chi connectivity index (χ0n) is 14.5. The van der Waals surface area contributed by atoms with Crippen molar-refractivity contribution >= 4 is 29.5 Å². The summed E-state index contributed by atoms with van der Waals surface area (Å²) in [6, 6.07) is 17.4. The number of anilines is 1.